The zero-order chi connectivity index (χ0) is 10.9. The Balaban J connectivity index is 2.38. The van der Waals surface area contributed by atoms with Crippen LogP contribution < -0.4 is 5.32 Å². The minimum Gasteiger partial charge on any atom is -0.369 e. The molecule has 0 fully saturated rings. The number of terminal acetylenes is 1. The maximum absolute atomic E-state index is 8.80. The summed E-state index contributed by atoms with van der Waals surface area (Å²) in [4.78, 5) is 4.09. The lowest BCUT2D eigenvalue weighted by atomic mass is 10.2. The number of aromatic nitrogens is 1. The molecule has 1 N–H and O–H groups in total. The molecule has 1 aromatic rings. The zero-order valence-electron chi connectivity index (χ0n) is 8.53. The largest absolute Gasteiger partial charge is 0.369 e. The van der Waals surface area contributed by atoms with E-state index in [-0.39, 0.29) is 0 Å². The van der Waals surface area contributed by atoms with Crippen molar-refractivity contribution in [3.8, 4) is 18.4 Å². The lowest BCUT2D eigenvalue weighted by Gasteiger charge is -2.05. The molecular formula is C12H13N3. The van der Waals surface area contributed by atoms with Gasteiger partial charge in [-0.25, -0.2) is 4.98 Å². The molecule has 0 amide bonds. The summed E-state index contributed by atoms with van der Waals surface area (Å²) in [5.74, 6) is 3.25. The lowest BCUT2D eigenvalue weighted by Crippen LogP contribution is -2.04. The highest BCUT2D eigenvalue weighted by molar-refractivity contribution is 5.50. The Hall–Kier alpha value is -2.00. The molecule has 0 radical (unpaired) electrons. The average Bonchev–Trinajstić information content (AvgIpc) is 2.29. The second-order valence-electron chi connectivity index (χ2n) is 3.10. The van der Waals surface area contributed by atoms with E-state index in [1.165, 1.54) is 0 Å². The monoisotopic (exact) mass is 199 g/mol. The van der Waals surface area contributed by atoms with E-state index in [1.54, 1.807) is 18.3 Å². The van der Waals surface area contributed by atoms with E-state index in [9.17, 15) is 0 Å². The van der Waals surface area contributed by atoms with Crippen molar-refractivity contribution >= 4 is 5.82 Å². The van der Waals surface area contributed by atoms with Crippen molar-refractivity contribution in [2.75, 3.05) is 11.9 Å². The maximum atomic E-state index is 8.80. The maximum Gasteiger partial charge on any atom is 0.143 e. The van der Waals surface area contributed by atoms with Gasteiger partial charge in [0.2, 0.25) is 0 Å². The molecule has 3 heteroatoms. The molecule has 76 valence electrons. The van der Waals surface area contributed by atoms with Gasteiger partial charge in [0, 0.05) is 19.2 Å². The van der Waals surface area contributed by atoms with Gasteiger partial charge in [-0.05, 0) is 25.0 Å². The quantitative estimate of drug-likeness (QED) is 0.584. The molecule has 0 aliphatic carbocycles. The first-order valence-electron chi connectivity index (χ1n) is 4.91. The molecule has 0 spiro atoms. The predicted octanol–water partition coefficient (Wildman–Crippen LogP) is 2.17. The third-order valence-corrected chi connectivity index (χ3v) is 1.97. The van der Waals surface area contributed by atoms with Crippen LogP contribution in [0.4, 0.5) is 5.82 Å². The van der Waals surface area contributed by atoms with E-state index in [2.05, 4.69) is 22.3 Å². The summed E-state index contributed by atoms with van der Waals surface area (Å²) in [6, 6.07) is 5.59. The molecule has 1 heterocycles. The number of nitrogens with one attached hydrogen (secondary N) is 1. The first kappa shape index (κ1) is 11.1. The van der Waals surface area contributed by atoms with Gasteiger partial charge in [-0.2, -0.15) is 5.26 Å². The van der Waals surface area contributed by atoms with Gasteiger partial charge in [0.05, 0.1) is 5.56 Å². The summed E-state index contributed by atoms with van der Waals surface area (Å²) in [6.07, 6.45) is 9.60. The van der Waals surface area contributed by atoms with Crippen LogP contribution in [-0.4, -0.2) is 11.5 Å². The van der Waals surface area contributed by atoms with Crippen LogP contribution in [0.1, 0.15) is 24.8 Å². The molecule has 0 aliphatic rings. The van der Waals surface area contributed by atoms with Gasteiger partial charge in [0.1, 0.15) is 11.9 Å². The fourth-order valence-electron chi connectivity index (χ4n) is 1.20. The molecule has 1 rings (SSSR count). The van der Waals surface area contributed by atoms with Crippen molar-refractivity contribution < 1.29 is 0 Å². The Labute approximate surface area is 90.1 Å². The number of rotatable bonds is 5. The zero-order valence-corrected chi connectivity index (χ0v) is 8.53. The molecule has 0 atom stereocenters. The molecule has 1 aromatic heterocycles. The molecule has 3 nitrogen and oxygen atoms in total. The highest BCUT2D eigenvalue weighted by Crippen LogP contribution is 2.09. The van der Waals surface area contributed by atoms with E-state index in [4.69, 9.17) is 11.7 Å². The number of hydrogen-bond acceptors (Lipinski definition) is 3. The third kappa shape index (κ3) is 3.70. The molecule has 0 unspecified atom stereocenters. The van der Waals surface area contributed by atoms with Gasteiger partial charge in [0.25, 0.3) is 0 Å². The van der Waals surface area contributed by atoms with Gasteiger partial charge in [-0.15, -0.1) is 12.3 Å². The summed E-state index contributed by atoms with van der Waals surface area (Å²) in [7, 11) is 0. The first-order chi connectivity index (χ1) is 7.38. The second kappa shape index (κ2) is 6.45. The Bertz CT molecular complexity index is 385. The summed E-state index contributed by atoms with van der Waals surface area (Å²) in [5, 5.41) is 11.9. The van der Waals surface area contributed by atoms with Crippen LogP contribution in [0.25, 0.3) is 0 Å². The highest BCUT2D eigenvalue weighted by atomic mass is 15.0. The van der Waals surface area contributed by atoms with Crippen LogP contribution >= 0.6 is 0 Å². The molecule has 15 heavy (non-hydrogen) atoms. The number of unbranched alkanes of at least 4 members (excludes halogenated alkanes) is 2. The highest BCUT2D eigenvalue weighted by Gasteiger charge is 1.99. The van der Waals surface area contributed by atoms with Crippen molar-refractivity contribution in [2.45, 2.75) is 19.3 Å². The van der Waals surface area contributed by atoms with E-state index >= 15 is 0 Å². The number of pyridine rings is 1. The Morgan fingerprint density at radius 1 is 1.47 bits per heavy atom. The van der Waals surface area contributed by atoms with Crippen molar-refractivity contribution in [3.63, 3.8) is 0 Å². The van der Waals surface area contributed by atoms with Crippen LogP contribution in [0.5, 0.6) is 0 Å². The Kier molecular flexibility index (Phi) is 4.77. The molecule has 0 saturated carbocycles. The molecule has 0 bridgehead atoms. The summed E-state index contributed by atoms with van der Waals surface area (Å²) in [6.45, 7) is 0.799. The standard InChI is InChI=1S/C12H13N3/c1-2-3-4-5-8-14-12-11(10-13)7-6-9-15-12/h1,6-7,9H,3-5,8H2,(H,14,15). The Morgan fingerprint density at radius 3 is 3.07 bits per heavy atom. The van der Waals surface area contributed by atoms with Gasteiger partial charge >= 0.3 is 0 Å². The van der Waals surface area contributed by atoms with Gasteiger partial charge < -0.3 is 5.32 Å². The van der Waals surface area contributed by atoms with Crippen LogP contribution in [0.15, 0.2) is 18.3 Å². The van der Waals surface area contributed by atoms with Crippen molar-refractivity contribution in [2.24, 2.45) is 0 Å². The fourth-order valence-corrected chi connectivity index (χ4v) is 1.20. The molecular weight excluding hydrogens is 186 g/mol. The topological polar surface area (TPSA) is 48.7 Å². The molecule has 0 aromatic carbocycles. The minimum absolute atomic E-state index is 0.578. The number of hydrogen-bond donors (Lipinski definition) is 1. The van der Waals surface area contributed by atoms with Crippen molar-refractivity contribution in [3.05, 3.63) is 23.9 Å². The smallest absolute Gasteiger partial charge is 0.143 e. The van der Waals surface area contributed by atoms with Gasteiger partial charge in [-0.1, -0.05) is 0 Å². The van der Waals surface area contributed by atoms with Crippen LogP contribution in [0, 0.1) is 23.7 Å². The van der Waals surface area contributed by atoms with E-state index in [0.717, 1.165) is 25.8 Å². The van der Waals surface area contributed by atoms with E-state index in [0.29, 0.717) is 11.4 Å². The van der Waals surface area contributed by atoms with Gasteiger partial charge in [-0.3, -0.25) is 0 Å². The molecule has 0 saturated heterocycles. The average molecular weight is 199 g/mol. The number of anilines is 1. The van der Waals surface area contributed by atoms with E-state index in [1.807, 2.05) is 0 Å². The SMILES string of the molecule is C#CCCCCNc1ncccc1C#N. The van der Waals surface area contributed by atoms with E-state index < -0.39 is 0 Å². The van der Waals surface area contributed by atoms with Crippen LogP contribution in [-0.2, 0) is 0 Å². The summed E-state index contributed by atoms with van der Waals surface area (Å²) >= 11 is 0. The fraction of sp³-hybridized carbons (Fsp3) is 0.333. The second-order valence-corrected chi connectivity index (χ2v) is 3.10. The molecule has 0 aliphatic heterocycles. The third-order valence-electron chi connectivity index (χ3n) is 1.97. The lowest BCUT2D eigenvalue weighted by molar-refractivity contribution is 0.787. The van der Waals surface area contributed by atoms with Crippen molar-refractivity contribution in [1.82, 2.24) is 4.98 Å². The van der Waals surface area contributed by atoms with Crippen LogP contribution in [0.2, 0.25) is 0 Å². The minimum atomic E-state index is 0.578. The number of nitrogens with zero attached hydrogens (tertiary/aromatic N) is 2. The summed E-state index contributed by atoms with van der Waals surface area (Å²) in [5.41, 5.74) is 0.578. The van der Waals surface area contributed by atoms with Crippen LogP contribution in [0.3, 0.4) is 0 Å². The number of nitriles is 1. The van der Waals surface area contributed by atoms with Crippen molar-refractivity contribution in [1.29, 1.82) is 5.26 Å². The predicted molar refractivity (Wildman–Crippen MR) is 60.1 cm³/mol. The normalized spacial score (nSPS) is 8.93. The Morgan fingerprint density at radius 2 is 2.33 bits per heavy atom. The summed E-state index contributed by atoms with van der Waals surface area (Å²) < 4.78 is 0. The first-order valence-corrected chi connectivity index (χ1v) is 4.91. The van der Waals surface area contributed by atoms with Gasteiger partial charge in [0.15, 0.2) is 0 Å².